The fourth-order valence-corrected chi connectivity index (χ4v) is 4.03. The molecule has 0 bridgehead atoms. The second-order valence-electron chi connectivity index (χ2n) is 5.70. The van der Waals surface area contributed by atoms with Crippen LogP contribution in [0, 0.1) is 20.8 Å². The summed E-state index contributed by atoms with van der Waals surface area (Å²) in [4.78, 5) is 1.43. The largest absolute Gasteiger partial charge is 0.377 e. The highest BCUT2D eigenvalue weighted by atomic mass is 32.1. The summed E-state index contributed by atoms with van der Waals surface area (Å²) < 4.78 is 1.37. The van der Waals surface area contributed by atoms with E-state index in [0.29, 0.717) is 6.04 Å². The van der Waals surface area contributed by atoms with Crippen molar-refractivity contribution in [2.75, 3.05) is 5.32 Å². The van der Waals surface area contributed by atoms with Crippen molar-refractivity contribution in [2.24, 2.45) is 0 Å². The molecule has 1 aromatic heterocycles. The van der Waals surface area contributed by atoms with Crippen molar-refractivity contribution in [3.8, 4) is 0 Å². The minimum absolute atomic E-state index is 0.322. The zero-order valence-corrected chi connectivity index (χ0v) is 13.8. The van der Waals surface area contributed by atoms with Crippen LogP contribution in [-0.2, 0) is 0 Å². The summed E-state index contributed by atoms with van der Waals surface area (Å²) in [5, 5.41) is 5.06. The lowest BCUT2D eigenvalue weighted by Gasteiger charge is -2.18. The normalized spacial score (nSPS) is 12.6. The maximum atomic E-state index is 3.68. The number of rotatable bonds is 3. The van der Waals surface area contributed by atoms with Gasteiger partial charge in [-0.15, -0.1) is 11.3 Å². The van der Waals surface area contributed by atoms with E-state index in [-0.39, 0.29) is 0 Å². The number of hydrogen-bond acceptors (Lipinski definition) is 2. The Hall–Kier alpha value is -1.80. The number of thiophene rings is 1. The van der Waals surface area contributed by atoms with Crippen molar-refractivity contribution >= 4 is 27.1 Å². The Morgan fingerprint density at radius 1 is 0.905 bits per heavy atom. The van der Waals surface area contributed by atoms with Crippen molar-refractivity contribution in [1.82, 2.24) is 0 Å². The van der Waals surface area contributed by atoms with E-state index in [4.69, 9.17) is 0 Å². The van der Waals surface area contributed by atoms with Crippen LogP contribution in [-0.4, -0.2) is 0 Å². The van der Waals surface area contributed by atoms with Crippen LogP contribution in [0.1, 0.15) is 34.5 Å². The predicted octanol–water partition coefficient (Wildman–Crippen LogP) is 6.00. The average molecular weight is 295 g/mol. The third-order valence-electron chi connectivity index (χ3n) is 4.25. The van der Waals surface area contributed by atoms with Crippen LogP contribution in [0.25, 0.3) is 10.1 Å². The van der Waals surface area contributed by atoms with E-state index >= 15 is 0 Å². The Kier molecular flexibility index (Phi) is 3.73. The fraction of sp³-hybridized carbons (Fsp3) is 0.263. The molecule has 1 atom stereocenters. The first-order valence-electron chi connectivity index (χ1n) is 7.38. The first kappa shape index (κ1) is 14.2. The molecule has 1 heterocycles. The van der Waals surface area contributed by atoms with Gasteiger partial charge in [-0.25, -0.2) is 0 Å². The van der Waals surface area contributed by atoms with E-state index in [1.807, 2.05) is 11.3 Å². The molecule has 3 rings (SSSR count). The predicted molar refractivity (Wildman–Crippen MR) is 94.5 cm³/mol. The molecule has 21 heavy (non-hydrogen) atoms. The number of aryl methyl sites for hydroxylation is 2. The van der Waals surface area contributed by atoms with E-state index in [2.05, 4.69) is 75.5 Å². The van der Waals surface area contributed by atoms with Crippen LogP contribution in [0.5, 0.6) is 0 Å². The van der Waals surface area contributed by atoms with Crippen molar-refractivity contribution in [2.45, 2.75) is 33.7 Å². The van der Waals surface area contributed by atoms with Gasteiger partial charge in [0.1, 0.15) is 0 Å². The zero-order valence-electron chi connectivity index (χ0n) is 13.0. The van der Waals surface area contributed by atoms with Crippen molar-refractivity contribution in [3.63, 3.8) is 0 Å². The van der Waals surface area contributed by atoms with Crippen LogP contribution in [0.3, 0.4) is 0 Å². The van der Waals surface area contributed by atoms with Crippen molar-refractivity contribution < 1.29 is 0 Å². The molecule has 0 aliphatic carbocycles. The number of nitrogens with one attached hydrogen (secondary N) is 1. The van der Waals surface area contributed by atoms with Crippen LogP contribution < -0.4 is 5.32 Å². The summed E-state index contributed by atoms with van der Waals surface area (Å²) in [7, 11) is 0. The standard InChI is InChI=1S/C19H21NS/c1-12-8-7-10-17(13(12)2)20-15(4)19-14(3)16-9-5-6-11-18(16)21-19/h5-11,15,20H,1-4H3. The quantitative estimate of drug-likeness (QED) is 0.625. The lowest BCUT2D eigenvalue weighted by atomic mass is 10.1. The zero-order chi connectivity index (χ0) is 15.0. The van der Waals surface area contributed by atoms with Gasteiger partial charge in [0, 0.05) is 15.3 Å². The highest BCUT2D eigenvalue weighted by molar-refractivity contribution is 7.19. The molecule has 0 aliphatic rings. The summed E-state index contributed by atoms with van der Waals surface area (Å²) in [6, 6.07) is 15.4. The smallest absolute Gasteiger partial charge is 0.0581 e. The summed E-state index contributed by atoms with van der Waals surface area (Å²) >= 11 is 1.90. The van der Waals surface area contributed by atoms with Gasteiger partial charge >= 0.3 is 0 Å². The molecule has 0 amide bonds. The SMILES string of the molecule is Cc1cccc(NC(C)c2sc3ccccc3c2C)c1C. The van der Waals surface area contributed by atoms with Gasteiger partial charge in [0.05, 0.1) is 6.04 Å². The van der Waals surface area contributed by atoms with Crippen LogP contribution in [0.4, 0.5) is 5.69 Å². The van der Waals surface area contributed by atoms with Crippen molar-refractivity contribution in [3.05, 3.63) is 64.0 Å². The maximum absolute atomic E-state index is 3.68. The topological polar surface area (TPSA) is 12.0 Å². The van der Waals surface area contributed by atoms with Crippen LogP contribution >= 0.6 is 11.3 Å². The molecule has 0 aliphatic heterocycles. The van der Waals surface area contributed by atoms with Gasteiger partial charge in [0.15, 0.2) is 0 Å². The molecule has 0 fully saturated rings. The van der Waals surface area contributed by atoms with Gasteiger partial charge < -0.3 is 5.32 Å². The molecule has 0 saturated carbocycles. The van der Waals surface area contributed by atoms with Gasteiger partial charge in [-0.2, -0.15) is 0 Å². The summed E-state index contributed by atoms with van der Waals surface area (Å²) in [6.45, 7) is 8.83. The number of anilines is 1. The average Bonchev–Trinajstić information content (AvgIpc) is 2.82. The number of benzene rings is 2. The fourth-order valence-electron chi connectivity index (χ4n) is 2.81. The van der Waals surface area contributed by atoms with E-state index in [9.17, 15) is 0 Å². The van der Waals surface area contributed by atoms with Gasteiger partial charge in [-0.3, -0.25) is 0 Å². The molecule has 1 nitrogen and oxygen atoms in total. The maximum Gasteiger partial charge on any atom is 0.0581 e. The summed E-state index contributed by atoms with van der Waals surface area (Å²) in [6.07, 6.45) is 0. The van der Waals surface area contributed by atoms with Gasteiger partial charge in [-0.1, -0.05) is 30.3 Å². The van der Waals surface area contributed by atoms with E-state index in [1.165, 1.54) is 37.3 Å². The Bertz CT molecular complexity index is 785. The second kappa shape index (κ2) is 5.53. The highest BCUT2D eigenvalue weighted by Crippen LogP contribution is 2.36. The summed E-state index contributed by atoms with van der Waals surface area (Å²) in [5.41, 5.74) is 5.31. The first-order chi connectivity index (χ1) is 10.1. The minimum Gasteiger partial charge on any atom is -0.377 e. The lowest BCUT2D eigenvalue weighted by Crippen LogP contribution is -2.07. The Labute approximate surface area is 130 Å². The van der Waals surface area contributed by atoms with Crippen LogP contribution in [0.2, 0.25) is 0 Å². The molecule has 1 N–H and O–H groups in total. The minimum atomic E-state index is 0.322. The Morgan fingerprint density at radius 2 is 1.67 bits per heavy atom. The van der Waals surface area contributed by atoms with Crippen molar-refractivity contribution in [1.29, 1.82) is 0 Å². The van der Waals surface area contributed by atoms with E-state index < -0.39 is 0 Å². The molecular formula is C19H21NS. The molecule has 1 unspecified atom stereocenters. The van der Waals surface area contributed by atoms with Crippen LogP contribution in [0.15, 0.2) is 42.5 Å². The van der Waals surface area contributed by atoms with Gasteiger partial charge in [-0.05, 0) is 61.9 Å². The molecule has 0 radical (unpaired) electrons. The molecular weight excluding hydrogens is 274 g/mol. The van der Waals surface area contributed by atoms with E-state index in [0.717, 1.165) is 0 Å². The van der Waals surface area contributed by atoms with Gasteiger partial charge in [0.25, 0.3) is 0 Å². The Morgan fingerprint density at radius 3 is 2.43 bits per heavy atom. The Balaban J connectivity index is 1.95. The van der Waals surface area contributed by atoms with Gasteiger partial charge in [0.2, 0.25) is 0 Å². The number of hydrogen-bond donors (Lipinski definition) is 1. The van der Waals surface area contributed by atoms with E-state index in [1.54, 1.807) is 0 Å². The monoisotopic (exact) mass is 295 g/mol. The second-order valence-corrected chi connectivity index (χ2v) is 6.78. The highest BCUT2D eigenvalue weighted by Gasteiger charge is 2.15. The third-order valence-corrected chi connectivity index (χ3v) is 5.71. The summed E-state index contributed by atoms with van der Waals surface area (Å²) in [5.74, 6) is 0. The lowest BCUT2D eigenvalue weighted by molar-refractivity contribution is 0.897. The molecule has 0 saturated heterocycles. The molecule has 2 heteroatoms. The molecule has 3 aromatic rings. The third kappa shape index (κ3) is 2.56. The molecule has 108 valence electrons. The number of fused-ring (bicyclic) bond motifs is 1. The molecule has 0 spiro atoms. The first-order valence-corrected chi connectivity index (χ1v) is 8.20. The molecule has 2 aromatic carbocycles.